The van der Waals surface area contributed by atoms with Crippen molar-refractivity contribution >= 4 is 11.8 Å². The van der Waals surface area contributed by atoms with Crippen molar-refractivity contribution in [3.8, 4) is 0 Å². The van der Waals surface area contributed by atoms with E-state index in [1.54, 1.807) is 7.11 Å². The van der Waals surface area contributed by atoms with Crippen LogP contribution in [0.1, 0.15) is 19.4 Å². The van der Waals surface area contributed by atoms with Gasteiger partial charge in [-0.2, -0.15) is 0 Å². The zero-order valence-electron chi connectivity index (χ0n) is 10.3. The SMILES string of the molecule is COCCSc1ccccc1CNC(C)C. The highest BCUT2D eigenvalue weighted by Crippen LogP contribution is 2.22. The summed E-state index contributed by atoms with van der Waals surface area (Å²) in [5, 5.41) is 3.45. The zero-order chi connectivity index (χ0) is 11.8. The molecule has 0 atom stereocenters. The first-order chi connectivity index (χ1) is 7.74. The number of methoxy groups -OCH3 is 1. The molecule has 0 spiro atoms. The Kier molecular flexibility index (Phi) is 6.53. The third kappa shape index (κ3) is 5.01. The molecule has 2 nitrogen and oxygen atoms in total. The Labute approximate surface area is 103 Å². The predicted molar refractivity (Wildman–Crippen MR) is 71.0 cm³/mol. The highest BCUT2D eigenvalue weighted by Gasteiger charge is 2.02. The maximum Gasteiger partial charge on any atom is 0.0556 e. The fourth-order valence-corrected chi connectivity index (χ4v) is 2.31. The smallest absolute Gasteiger partial charge is 0.0556 e. The fourth-order valence-electron chi connectivity index (χ4n) is 1.34. The molecule has 0 heterocycles. The second-order valence-electron chi connectivity index (χ2n) is 3.98. The molecule has 1 aromatic carbocycles. The van der Waals surface area contributed by atoms with Crippen molar-refractivity contribution in [1.82, 2.24) is 5.32 Å². The average molecular weight is 239 g/mol. The lowest BCUT2D eigenvalue weighted by Crippen LogP contribution is -2.22. The molecule has 0 aliphatic heterocycles. The Balaban J connectivity index is 2.53. The first-order valence-corrected chi connectivity index (χ1v) is 6.65. The van der Waals surface area contributed by atoms with Gasteiger partial charge in [0.05, 0.1) is 6.61 Å². The molecule has 0 unspecified atom stereocenters. The third-order valence-electron chi connectivity index (χ3n) is 2.22. The van der Waals surface area contributed by atoms with Crippen molar-refractivity contribution < 1.29 is 4.74 Å². The number of hydrogen-bond donors (Lipinski definition) is 1. The van der Waals surface area contributed by atoms with Crippen LogP contribution in [0.4, 0.5) is 0 Å². The molecule has 1 aromatic rings. The van der Waals surface area contributed by atoms with E-state index in [2.05, 4.69) is 43.4 Å². The van der Waals surface area contributed by atoms with Crippen LogP contribution in [0.25, 0.3) is 0 Å². The summed E-state index contributed by atoms with van der Waals surface area (Å²) in [6.07, 6.45) is 0. The lowest BCUT2D eigenvalue weighted by molar-refractivity contribution is 0.218. The van der Waals surface area contributed by atoms with Gasteiger partial charge in [0, 0.05) is 30.3 Å². The van der Waals surface area contributed by atoms with E-state index in [9.17, 15) is 0 Å². The van der Waals surface area contributed by atoms with Crippen LogP contribution in [0.15, 0.2) is 29.2 Å². The first-order valence-electron chi connectivity index (χ1n) is 5.67. The number of ether oxygens (including phenoxy) is 1. The van der Waals surface area contributed by atoms with Crippen LogP contribution < -0.4 is 5.32 Å². The largest absolute Gasteiger partial charge is 0.384 e. The van der Waals surface area contributed by atoms with Gasteiger partial charge in [0.1, 0.15) is 0 Å². The molecule has 0 saturated heterocycles. The number of thioether (sulfide) groups is 1. The molecule has 0 aromatic heterocycles. The van der Waals surface area contributed by atoms with Gasteiger partial charge in [-0.25, -0.2) is 0 Å². The summed E-state index contributed by atoms with van der Waals surface area (Å²) in [6, 6.07) is 9.07. The van der Waals surface area contributed by atoms with Gasteiger partial charge in [-0.3, -0.25) is 0 Å². The van der Waals surface area contributed by atoms with Crippen LogP contribution in [-0.2, 0) is 11.3 Å². The highest BCUT2D eigenvalue weighted by atomic mass is 32.2. The minimum absolute atomic E-state index is 0.525. The van der Waals surface area contributed by atoms with Gasteiger partial charge in [-0.05, 0) is 11.6 Å². The minimum atomic E-state index is 0.525. The number of rotatable bonds is 7. The van der Waals surface area contributed by atoms with Crippen LogP contribution in [0, 0.1) is 0 Å². The van der Waals surface area contributed by atoms with Crippen molar-refractivity contribution in [1.29, 1.82) is 0 Å². The van der Waals surface area contributed by atoms with Gasteiger partial charge in [0.25, 0.3) is 0 Å². The Morgan fingerprint density at radius 1 is 1.31 bits per heavy atom. The molecule has 0 aliphatic carbocycles. The molecule has 16 heavy (non-hydrogen) atoms. The van der Waals surface area contributed by atoms with E-state index in [0.29, 0.717) is 6.04 Å². The van der Waals surface area contributed by atoms with Crippen LogP contribution in [0.3, 0.4) is 0 Å². The van der Waals surface area contributed by atoms with E-state index in [4.69, 9.17) is 4.74 Å². The van der Waals surface area contributed by atoms with Gasteiger partial charge in [0.2, 0.25) is 0 Å². The summed E-state index contributed by atoms with van der Waals surface area (Å²) >= 11 is 1.86. The zero-order valence-corrected chi connectivity index (χ0v) is 11.1. The van der Waals surface area contributed by atoms with Crippen LogP contribution in [0.2, 0.25) is 0 Å². The quantitative estimate of drug-likeness (QED) is 0.584. The van der Waals surface area contributed by atoms with Crippen LogP contribution in [0.5, 0.6) is 0 Å². The molecule has 90 valence electrons. The van der Waals surface area contributed by atoms with E-state index in [1.807, 2.05) is 11.8 Å². The van der Waals surface area contributed by atoms with Crippen molar-refractivity contribution in [3.63, 3.8) is 0 Å². The topological polar surface area (TPSA) is 21.3 Å². The summed E-state index contributed by atoms with van der Waals surface area (Å²) in [5.74, 6) is 1.01. The summed E-state index contributed by atoms with van der Waals surface area (Å²) < 4.78 is 5.07. The van der Waals surface area contributed by atoms with Crippen molar-refractivity contribution in [2.75, 3.05) is 19.5 Å². The van der Waals surface area contributed by atoms with Crippen molar-refractivity contribution in [3.05, 3.63) is 29.8 Å². The second-order valence-corrected chi connectivity index (χ2v) is 5.12. The Morgan fingerprint density at radius 2 is 2.06 bits per heavy atom. The molecule has 0 fully saturated rings. The van der Waals surface area contributed by atoms with Gasteiger partial charge in [-0.15, -0.1) is 11.8 Å². The number of hydrogen-bond acceptors (Lipinski definition) is 3. The monoisotopic (exact) mass is 239 g/mol. The fraction of sp³-hybridized carbons (Fsp3) is 0.538. The molecule has 0 saturated carbocycles. The normalized spacial score (nSPS) is 11.0. The molecule has 0 bridgehead atoms. The van der Waals surface area contributed by atoms with Crippen molar-refractivity contribution in [2.24, 2.45) is 0 Å². The maximum absolute atomic E-state index is 5.07. The predicted octanol–water partition coefficient (Wildman–Crippen LogP) is 2.92. The maximum atomic E-state index is 5.07. The highest BCUT2D eigenvalue weighted by molar-refractivity contribution is 7.99. The lowest BCUT2D eigenvalue weighted by Gasteiger charge is -2.12. The van der Waals surface area contributed by atoms with Gasteiger partial charge in [-0.1, -0.05) is 32.0 Å². The molecule has 0 amide bonds. The van der Waals surface area contributed by atoms with Crippen molar-refractivity contribution in [2.45, 2.75) is 31.3 Å². The lowest BCUT2D eigenvalue weighted by atomic mass is 10.2. The minimum Gasteiger partial charge on any atom is -0.384 e. The molecule has 0 radical (unpaired) electrons. The second kappa shape index (κ2) is 7.71. The molecule has 1 N–H and O–H groups in total. The molecular weight excluding hydrogens is 218 g/mol. The molecule has 3 heteroatoms. The Morgan fingerprint density at radius 3 is 2.75 bits per heavy atom. The van der Waals surface area contributed by atoms with Crippen LogP contribution >= 0.6 is 11.8 Å². The standard InChI is InChI=1S/C13H21NOS/c1-11(2)14-10-12-6-4-5-7-13(12)16-9-8-15-3/h4-7,11,14H,8-10H2,1-3H3. The number of nitrogens with one attached hydrogen (secondary N) is 1. The average Bonchev–Trinajstić information content (AvgIpc) is 2.28. The summed E-state index contributed by atoms with van der Waals surface area (Å²) in [5.41, 5.74) is 1.37. The molecule has 1 rings (SSSR count). The van der Waals surface area contributed by atoms with Gasteiger partial charge < -0.3 is 10.1 Å². The van der Waals surface area contributed by atoms with E-state index in [1.165, 1.54) is 10.5 Å². The Bertz CT molecular complexity index is 302. The van der Waals surface area contributed by atoms with E-state index in [0.717, 1.165) is 18.9 Å². The molecular formula is C13H21NOS. The summed E-state index contributed by atoms with van der Waals surface area (Å²) in [4.78, 5) is 1.35. The van der Waals surface area contributed by atoms with E-state index < -0.39 is 0 Å². The van der Waals surface area contributed by atoms with E-state index in [-0.39, 0.29) is 0 Å². The van der Waals surface area contributed by atoms with Crippen LogP contribution in [-0.4, -0.2) is 25.5 Å². The first kappa shape index (κ1) is 13.6. The van der Waals surface area contributed by atoms with Gasteiger partial charge in [0.15, 0.2) is 0 Å². The summed E-state index contributed by atoms with van der Waals surface area (Å²) in [6.45, 7) is 6.08. The molecule has 0 aliphatic rings. The third-order valence-corrected chi connectivity index (χ3v) is 3.30. The number of benzene rings is 1. The van der Waals surface area contributed by atoms with Gasteiger partial charge >= 0.3 is 0 Å². The summed E-state index contributed by atoms with van der Waals surface area (Å²) in [7, 11) is 1.74. The van der Waals surface area contributed by atoms with E-state index >= 15 is 0 Å². The Hall–Kier alpha value is -0.510.